The van der Waals surface area contributed by atoms with Gasteiger partial charge in [0, 0.05) is 6.61 Å². The van der Waals surface area contributed by atoms with Crippen LogP contribution in [0.5, 0.6) is 5.75 Å². The Kier molecular flexibility index (Phi) is 9.11. The van der Waals surface area contributed by atoms with Crippen LogP contribution >= 0.6 is 0 Å². The van der Waals surface area contributed by atoms with Crippen LogP contribution in [0.2, 0.25) is 0 Å². The van der Waals surface area contributed by atoms with E-state index in [0.717, 1.165) is 18.8 Å². The summed E-state index contributed by atoms with van der Waals surface area (Å²) in [4.78, 5) is 0. The SMILES string of the molecule is CCCCCCCOC(C)C(NC)c1ccc(OC)cc1. The molecule has 0 saturated carbocycles. The Bertz CT molecular complexity index is 364. The Labute approximate surface area is 130 Å². The second kappa shape index (κ2) is 10.6. The normalized spacial score (nSPS) is 13.9. The number of nitrogens with one attached hydrogen (secondary N) is 1. The summed E-state index contributed by atoms with van der Waals surface area (Å²) in [5.41, 5.74) is 1.23. The van der Waals surface area contributed by atoms with Crippen LogP contribution in [0.15, 0.2) is 24.3 Å². The van der Waals surface area contributed by atoms with Gasteiger partial charge in [-0.25, -0.2) is 0 Å². The highest BCUT2D eigenvalue weighted by molar-refractivity contribution is 5.29. The molecule has 0 aromatic heterocycles. The van der Waals surface area contributed by atoms with E-state index in [1.165, 1.54) is 31.2 Å². The maximum Gasteiger partial charge on any atom is 0.118 e. The quantitative estimate of drug-likeness (QED) is 0.616. The van der Waals surface area contributed by atoms with Gasteiger partial charge in [0.15, 0.2) is 0 Å². The van der Waals surface area contributed by atoms with Crippen molar-refractivity contribution in [2.45, 2.75) is 58.1 Å². The Morgan fingerprint density at radius 3 is 2.29 bits per heavy atom. The zero-order valence-electron chi connectivity index (χ0n) is 14.0. The molecule has 21 heavy (non-hydrogen) atoms. The Morgan fingerprint density at radius 2 is 1.71 bits per heavy atom. The average Bonchev–Trinajstić information content (AvgIpc) is 2.52. The van der Waals surface area contributed by atoms with Gasteiger partial charge in [-0.3, -0.25) is 0 Å². The first-order valence-corrected chi connectivity index (χ1v) is 8.15. The number of ether oxygens (including phenoxy) is 2. The molecule has 2 unspecified atom stereocenters. The molecule has 0 aliphatic heterocycles. The van der Waals surface area contributed by atoms with Gasteiger partial charge in [-0.15, -0.1) is 0 Å². The lowest BCUT2D eigenvalue weighted by atomic mass is 10.0. The lowest BCUT2D eigenvalue weighted by Gasteiger charge is -2.24. The first-order chi connectivity index (χ1) is 10.2. The van der Waals surface area contributed by atoms with Gasteiger partial charge in [0.1, 0.15) is 5.75 Å². The van der Waals surface area contributed by atoms with Crippen molar-refractivity contribution < 1.29 is 9.47 Å². The van der Waals surface area contributed by atoms with E-state index in [9.17, 15) is 0 Å². The Morgan fingerprint density at radius 1 is 1.05 bits per heavy atom. The van der Waals surface area contributed by atoms with Gasteiger partial charge in [-0.05, 0) is 38.1 Å². The summed E-state index contributed by atoms with van der Waals surface area (Å²) >= 11 is 0. The predicted molar refractivity (Wildman–Crippen MR) is 89.0 cm³/mol. The van der Waals surface area contributed by atoms with Crippen molar-refractivity contribution in [3.8, 4) is 5.75 Å². The van der Waals surface area contributed by atoms with Gasteiger partial charge >= 0.3 is 0 Å². The van der Waals surface area contributed by atoms with Gasteiger partial charge in [0.05, 0.1) is 19.3 Å². The van der Waals surface area contributed by atoms with E-state index >= 15 is 0 Å². The van der Waals surface area contributed by atoms with E-state index in [2.05, 4.69) is 31.3 Å². The maximum atomic E-state index is 5.99. The first kappa shape index (κ1) is 18.0. The molecule has 0 bridgehead atoms. The lowest BCUT2D eigenvalue weighted by Crippen LogP contribution is -2.29. The molecular formula is C18H31NO2. The minimum atomic E-state index is 0.162. The Balaban J connectivity index is 2.39. The van der Waals surface area contributed by atoms with Crippen molar-refractivity contribution in [1.29, 1.82) is 0 Å². The molecule has 3 heteroatoms. The monoisotopic (exact) mass is 293 g/mol. The minimum Gasteiger partial charge on any atom is -0.497 e. The molecular weight excluding hydrogens is 262 g/mol. The summed E-state index contributed by atoms with van der Waals surface area (Å²) in [5.74, 6) is 0.887. The summed E-state index contributed by atoms with van der Waals surface area (Å²) in [6, 6.07) is 8.41. The van der Waals surface area contributed by atoms with Gasteiger partial charge in [0.25, 0.3) is 0 Å². The molecule has 2 atom stereocenters. The van der Waals surface area contributed by atoms with E-state index in [4.69, 9.17) is 9.47 Å². The van der Waals surface area contributed by atoms with Crippen molar-refractivity contribution in [1.82, 2.24) is 5.32 Å². The van der Waals surface area contributed by atoms with E-state index in [0.29, 0.717) is 0 Å². The third-order valence-corrected chi connectivity index (χ3v) is 3.88. The zero-order valence-corrected chi connectivity index (χ0v) is 14.0. The summed E-state index contributed by atoms with van der Waals surface area (Å²) in [7, 11) is 3.67. The van der Waals surface area contributed by atoms with E-state index in [1.54, 1.807) is 7.11 Å². The summed E-state index contributed by atoms with van der Waals surface area (Å²) < 4.78 is 11.2. The number of likely N-dealkylation sites (N-methyl/N-ethyl adjacent to an activating group) is 1. The van der Waals surface area contributed by atoms with Crippen LogP contribution in [0.25, 0.3) is 0 Å². The molecule has 0 radical (unpaired) electrons. The maximum absolute atomic E-state index is 5.99. The molecule has 120 valence electrons. The molecule has 0 saturated heterocycles. The molecule has 1 N–H and O–H groups in total. The lowest BCUT2D eigenvalue weighted by molar-refractivity contribution is 0.0379. The van der Waals surface area contributed by atoms with Gasteiger partial charge < -0.3 is 14.8 Å². The van der Waals surface area contributed by atoms with Crippen molar-refractivity contribution in [2.24, 2.45) is 0 Å². The fourth-order valence-corrected chi connectivity index (χ4v) is 2.55. The van der Waals surface area contributed by atoms with E-state index in [1.807, 2.05) is 19.2 Å². The Hall–Kier alpha value is -1.06. The number of benzene rings is 1. The van der Waals surface area contributed by atoms with E-state index < -0.39 is 0 Å². The molecule has 0 spiro atoms. The largest absolute Gasteiger partial charge is 0.497 e. The number of hydrogen-bond donors (Lipinski definition) is 1. The molecule has 1 aromatic carbocycles. The van der Waals surface area contributed by atoms with Crippen molar-refractivity contribution in [3.05, 3.63) is 29.8 Å². The van der Waals surface area contributed by atoms with Crippen molar-refractivity contribution >= 4 is 0 Å². The molecule has 0 aliphatic rings. The smallest absolute Gasteiger partial charge is 0.118 e. The minimum absolute atomic E-state index is 0.162. The summed E-state index contributed by atoms with van der Waals surface area (Å²) in [5, 5.41) is 3.35. The van der Waals surface area contributed by atoms with Crippen LogP contribution in [-0.2, 0) is 4.74 Å². The van der Waals surface area contributed by atoms with Crippen molar-refractivity contribution in [3.63, 3.8) is 0 Å². The topological polar surface area (TPSA) is 30.5 Å². The highest BCUT2D eigenvalue weighted by Crippen LogP contribution is 2.22. The molecule has 0 amide bonds. The molecule has 1 rings (SSSR count). The predicted octanol–water partition coefficient (Wildman–Crippen LogP) is 4.33. The zero-order chi connectivity index (χ0) is 15.5. The van der Waals surface area contributed by atoms with Gasteiger partial charge in [-0.2, -0.15) is 0 Å². The molecule has 0 fully saturated rings. The van der Waals surface area contributed by atoms with Crippen molar-refractivity contribution in [2.75, 3.05) is 20.8 Å². The van der Waals surface area contributed by atoms with Crippen LogP contribution in [0.3, 0.4) is 0 Å². The molecule has 3 nitrogen and oxygen atoms in total. The van der Waals surface area contributed by atoms with Crippen LogP contribution < -0.4 is 10.1 Å². The highest BCUT2D eigenvalue weighted by atomic mass is 16.5. The molecule has 0 heterocycles. The van der Waals surface area contributed by atoms with Crippen LogP contribution in [-0.4, -0.2) is 26.9 Å². The fourth-order valence-electron chi connectivity index (χ4n) is 2.55. The summed E-state index contributed by atoms with van der Waals surface area (Å²) in [6.07, 6.45) is 6.53. The van der Waals surface area contributed by atoms with Crippen LogP contribution in [0.4, 0.5) is 0 Å². The highest BCUT2D eigenvalue weighted by Gasteiger charge is 2.17. The first-order valence-electron chi connectivity index (χ1n) is 8.15. The molecule has 0 aliphatic carbocycles. The van der Waals surface area contributed by atoms with Crippen LogP contribution in [0, 0.1) is 0 Å². The third-order valence-electron chi connectivity index (χ3n) is 3.88. The average molecular weight is 293 g/mol. The van der Waals surface area contributed by atoms with Gasteiger partial charge in [0.2, 0.25) is 0 Å². The number of rotatable bonds is 11. The van der Waals surface area contributed by atoms with Gasteiger partial charge in [-0.1, -0.05) is 44.7 Å². The van der Waals surface area contributed by atoms with E-state index in [-0.39, 0.29) is 12.1 Å². The number of methoxy groups -OCH3 is 1. The summed E-state index contributed by atoms with van der Waals surface area (Å²) in [6.45, 7) is 5.22. The second-order valence-electron chi connectivity index (χ2n) is 5.53. The third kappa shape index (κ3) is 6.49. The van der Waals surface area contributed by atoms with Crippen LogP contribution in [0.1, 0.15) is 57.6 Å². The fraction of sp³-hybridized carbons (Fsp3) is 0.667. The number of hydrogen-bond acceptors (Lipinski definition) is 3. The second-order valence-corrected chi connectivity index (χ2v) is 5.53. The number of unbranched alkanes of at least 4 members (excludes halogenated alkanes) is 4. The molecule has 1 aromatic rings. The standard InChI is InChI=1S/C18H31NO2/c1-5-6-7-8-9-14-21-15(2)18(19-3)16-10-12-17(20-4)13-11-16/h10-13,15,18-19H,5-9,14H2,1-4H3.